The molecule has 0 aliphatic heterocycles. The molecule has 0 saturated heterocycles. The zero-order chi connectivity index (χ0) is 26.7. The minimum atomic E-state index is -1.18. The van der Waals surface area contributed by atoms with Gasteiger partial charge in [-0.2, -0.15) is 0 Å². The summed E-state index contributed by atoms with van der Waals surface area (Å²) >= 11 is 13.0. The minimum absolute atomic E-state index is 0. The average molecular weight is 569 g/mol. The van der Waals surface area contributed by atoms with Gasteiger partial charge in [-0.3, -0.25) is 4.79 Å². The van der Waals surface area contributed by atoms with Gasteiger partial charge in [0.2, 0.25) is 0 Å². The number of benzene rings is 1. The molecular formula is C28H31Cl2N2NaO5. The molecule has 1 aliphatic carbocycles. The van der Waals surface area contributed by atoms with E-state index in [1.54, 1.807) is 0 Å². The monoisotopic (exact) mass is 568 g/mol. The number of halogens is 2. The van der Waals surface area contributed by atoms with Gasteiger partial charge in [0.1, 0.15) is 10.8 Å². The van der Waals surface area contributed by atoms with Crippen LogP contribution >= 0.6 is 23.2 Å². The van der Waals surface area contributed by atoms with E-state index in [9.17, 15) is 14.7 Å². The van der Waals surface area contributed by atoms with Gasteiger partial charge >= 0.3 is 29.6 Å². The number of carbonyl (C=O) groups excluding carboxylic acids is 2. The number of carboxylic acid groups (broad SMARTS) is 1. The molecule has 0 spiro atoms. The Morgan fingerprint density at radius 1 is 1.13 bits per heavy atom. The topological polar surface area (TPSA) is 109 Å². The molecule has 1 aliphatic rings. The van der Waals surface area contributed by atoms with Gasteiger partial charge in [0, 0.05) is 41.7 Å². The fourth-order valence-electron chi connectivity index (χ4n) is 4.55. The second-order valence-corrected chi connectivity index (χ2v) is 11.2. The van der Waals surface area contributed by atoms with E-state index >= 15 is 0 Å². The summed E-state index contributed by atoms with van der Waals surface area (Å²) in [6.07, 6.45) is 3.72. The van der Waals surface area contributed by atoms with Crippen LogP contribution in [0.4, 0.5) is 0 Å². The molecular weight excluding hydrogens is 538 g/mol. The number of Topliss-reactive ketones (excluding diaryl/α,β-unsaturated/α-hetero) is 1. The number of carbonyl (C=O) groups is 2. The number of aromatic nitrogens is 2. The van der Waals surface area contributed by atoms with E-state index in [1.165, 1.54) is 0 Å². The summed E-state index contributed by atoms with van der Waals surface area (Å²) in [5.41, 5.74) is 3.58. The number of hydrogen-bond donors (Lipinski definition) is 0. The molecule has 1 saturated carbocycles. The number of aryl methyl sites for hydroxylation is 2. The van der Waals surface area contributed by atoms with Crippen LogP contribution in [0, 0.1) is 12.8 Å². The number of rotatable bonds is 13. The minimum Gasteiger partial charge on any atom is -0.550 e. The molecule has 0 radical (unpaired) electrons. The van der Waals surface area contributed by atoms with E-state index < -0.39 is 11.9 Å². The summed E-state index contributed by atoms with van der Waals surface area (Å²) in [4.78, 5) is 24.4. The Hall–Kier alpha value is -1.64. The summed E-state index contributed by atoms with van der Waals surface area (Å²) in [5.74, 6) is 0.0310. The maximum atomic E-state index is 13.1. The van der Waals surface area contributed by atoms with E-state index in [0.717, 1.165) is 36.0 Å². The largest absolute Gasteiger partial charge is 1.00 e. The summed E-state index contributed by atoms with van der Waals surface area (Å²) in [5, 5.41) is 20.8. The predicted molar refractivity (Wildman–Crippen MR) is 139 cm³/mol. The van der Waals surface area contributed by atoms with Crippen molar-refractivity contribution in [3.05, 3.63) is 56.4 Å². The van der Waals surface area contributed by atoms with Gasteiger partial charge in [-0.15, -0.1) is 0 Å². The van der Waals surface area contributed by atoms with Gasteiger partial charge in [0.25, 0.3) is 0 Å². The Morgan fingerprint density at radius 2 is 1.87 bits per heavy atom. The van der Waals surface area contributed by atoms with Crippen LogP contribution in [0.2, 0.25) is 10.0 Å². The Kier molecular flexibility index (Phi) is 11.1. The van der Waals surface area contributed by atoms with Gasteiger partial charge in [-0.1, -0.05) is 59.5 Å². The number of hydrogen-bond acceptors (Lipinski definition) is 7. The number of nitrogens with zero attached hydrogens (tertiary/aromatic N) is 2. The summed E-state index contributed by atoms with van der Waals surface area (Å²) in [6.45, 7) is 6.18. The molecule has 2 heterocycles. The maximum Gasteiger partial charge on any atom is 1.00 e. The van der Waals surface area contributed by atoms with Crippen molar-refractivity contribution in [1.29, 1.82) is 0 Å². The van der Waals surface area contributed by atoms with Gasteiger partial charge in [0.15, 0.2) is 17.2 Å². The standard InChI is InChI=1S/C28H32Cl2N2O5.Na/c1-15(2)4-10-22-25(30)27(32-36-22)28-24(17-7-8-17)26(31-37-28)19(9-11-23(34)35)14-20(33)13-18-6-5-16(3)12-21(18)29;/h5-6,12,15,17,19H,4,7-11,13-14H2,1-3H3,(H,34,35);/q;+1/p-1/t19-;/m0./s1. The van der Waals surface area contributed by atoms with Crippen molar-refractivity contribution < 1.29 is 53.3 Å². The molecule has 4 rings (SSSR count). The quantitative estimate of drug-likeness (QED) is 0.291. The zero-order valence-corrected chi connectivity index (χ0v) is 25.8. The van der Waals surface area contributed by atoms with Gasteiger partial charge < -0.3 is 18.9 Å². The molecule has 10 heteroatoms. The van der Waals surface area contributed by atoms with E-state index in [2.05, 4.69) is 24.2 Å². The van der Waals surface area contributed by atoms with Crippen LogP contribution in [0.15, 0.2) is 27.2 Å². The third kappa shape index (κ3) is 7.72. The fraction of sp³-hybridized carbons (Fsp3) is 0.500. The molecule has 38 heavy (non-hydrogen) atoms. The Morgan fingerprint density at radius 3 is 2.50 bits per heavy atom. The first-order valence-corrected chi connectivity index (χ1v) is 13.5. The van der Waals surface area contributed by atoms with E-state index in [0.29, 0.717) is 45.3 Å². The molecule has 1 atom stereocenters. The average Bonchev–Trinajstić information content (AvgIpc) is 3.47. The zero-order valence-electron chi connectivity index (χ0n) is 22.3. The second-order valence-electron chi connectivity index (χ2n) is 10.4. The molecule has 3 aromatic rings. The molecule has 0 N–H and O–H groups in total. The Balaban J connectivity index is 0.00000400. The molecule has 198 valence electrons. The molecule has 0 amide bonds. The van der Waals surface area contributed by atoms with E-state index in [-0.39, 0.29) is 66.9 Å². The van der Waals surface area contributed by atoms with Crippen LogP contribution in [0.1, 0.15) is 92.4 Å². The SMILES string of the molecule is Cc1ccc(CC(=O)C[C@H](CCC(=O)[O-])c2noc(-c3noc(CCC(C)C)c3Cl)c2C2CC2)c(Cl)c1.[Na+]. The van der Waals surface area contributed by atoms with E-state index in [4.69, 9.17) is 32.2 Å². The van der Waals surface area contributed by atoms with Crippen LogP contribution in [-0.4, -0.2) is 22.1 Å². The maximum absolute atomic E-state index is 13.1. The molecule has 0 unspecified atom stereocenters. The van der Waals surface area contributed by atoms with Crippen LogP contribution < -0.4 is 34.7 Å². The van der Waals surface area contributed by atoms with E-state index in [1.807, 2.05) is 25.1 Å². The smallest absolute Gasteiger partial charge is 0.550 e. The first-order chi connectivity index (χ1) is 17.6. The van der Waals surface area contributed by atoms with Crippen molar-refractivity contribution in [3.63, 3.8) is 0 Å². The third-order valence-corrected chi connectivity index (χ3v) is 7.50. The molecule has 1 fully saturated rings. The second kappa shape index (κ2) is 13.6. The van der Waals surface area contributed by atoms with Crippen LogP contribution in [0.25, 0.3) is 11.5 Å². The number of carboxylic acids is 1. The molecule has 1 aromatic carbocycles. The van der Waals surface area contributed by atoms with Gasteiger partial charge in [0.05, 0.1) is 5.69 Å². The molecule has 7 nitrogen and oxygen atoms in total. The first kappa shape index (κ1) is 30.9. The molecule has 2 aromatic heterocycles. The Labute approximate surface area is 254 Å². The van der Waals surface area contributed by atoms with Crippen molar-refractivity contribution in [1.82, 2.24) is 10.3 Å². The normalized spacial score (nSPS) is 13.9. The summed E-state index contributed by atoms with van der Waals surface area (Å²) in [7, 11) is 0. The molecule has 0 bridgehead atoms. The van der Waals surface area contributed by atoms with Crippen molar-refractivity contribution in [3.8, 4) is 11.5 Å². The summed E-state index contributed by atoms with van der Waals surface area (Å²) < 4.78 is 11.3. The van der Waals surface area contributed by atoms with Crippen molar-refractivity contribution in [2.75, 3.05) is 0 Å². The van der Waals surface area contributed by atoms with Crippen LogP contribution in [0.5, 0.6) is 0 Å². The fourth-order valence-corrected chi connectivity index (χ4v) is 5.10. The first-order valence-electron chi connectivity index (χ1n) is 12.7. The third-order valence-electron chi connectivity index (χ3n) is 6.76. The van der Waals surface area contributed by atoms with Crippen molar-refractivity contribution in [2.24, 2.45) is 5.92 Å². The van der Waals surface area contributed by atoms with Gasteiger partial charge in [-0.25, -0.2) is 0 Å². The van der Waals surface area contributed by atoms with Crippen molar-refractivity contribution in [2.45, 2.75) is 84.0 Å². The Bertz CT molecular complexity index is 1280. The number of aliphatic carboxylic acids is 1. The summed E-state index contributed by atoms with van der Waals surface area (Å²) in [6, 6.07) is 5.58. The van der Waals surface area contributed by atoms with Crippen LogP contribution in [-0.2, 0) is 22.4 Å². The predicted octanol–water partition coefficient (Wildman–Crippen LogP) is 3.23. The number of ketones is 1. The van der Waals surface area contributed by atoms with Crippen LogP contribution in [0.3, 0.4) is 0 Å². The van der Waals surface area contributed by atoms with Crippen molar-refractivity contribution >= 4 is 35.0 Å². The van der Waals surface area contributed by atoms with Gasteiger partial charge in [-0.05, 0) is 68.1 Å².